The Bertz CT molecular complexity index is 503. The van der Waals surface area contributed by atoms with Crippen molar-refractivity contribution >= 4 is 11.6 Å². The first kappa shape index (κ1) is 10.8. The monoisotopic (exact) mass is 247 g/mol. The van der Waals surface area contributed by atoms with E-state index in [1.54, 1.807) is 0 Å². The molecule has 4 heteroatoms. The maximum Gasteiger partial charge on any atom is 0.225 e. The van der Waals surface area contributed by atoms with Crippen molar-refractivity contribution in [1.82, 2.24) is 14.8 Å². The molecule has 17 heavy (non-hydrogen) atoms. The van der Waals surface area contributed by atoms with Gasteiger partial charge in [-0.25, -0.2) is 0 Å². The van der Waals surface area contributed by atoms with Gasteiger partial charge in [0, 0.05) is 12.1 Å². The Morgan fingerprint density at radius 1 is 1.18 bits per heavy atom. The van der Waals surface area contributed by atoms with Gasteiger partial charge in [0.05, 0.1) is 0 Å². The topological polar surface area (TPSA) is 30.7 Å². The van der Waals surface area contributed by atoms with Gasteiger partial charge in [-0.3, -0.25) is 4.57 Å². The van der Waals surface area contributed by atoms with Crippen molar-refractivity contribution in [1.29, 1.82) is 0 Å². The quantitative estimate of drug-likeness (QED) is 0.829. The lowest BCUT2D eigenvalue weighted by Gasteiger charge is -2.06. The Labute approximate surface area is 105 Å². The molecule has 1 aromatic carbocycles. The average Bonchev–Trinajstić information content (AvgIpc) is 3.12. The van der Waals surface area contributed by atoms with E-state index in [0.717, 1.165) is 23.9 Å². The van der Waals surface area contributed by atoms with Crippen molar-refractivity contribution in [3.8, 4) is 11.4 Å². The highest BCUT2D eigenvalue weighted by atomic mass is 35.5. The molecule has 1 aliphatic carbocycles. The van der Waals surface area contributed by atoms with Crippen LogP contribution in [0.2, 0.25) is 5.28 Å². The number of benzene rings is 1. The summed E-state index contributed by atoms with van der Waals surface area (Å²) in [7, 11) is 0. The van der Waals surface area contributed by atoms with Crippen LogP contribution in [0.1, 0.15) is 19.3 Å². The van der Waals surface area contributed by atoms with Crippen molar-refractivity contribution in [3.05, 3.63) is 35.6 Å². The third-order valence-electron chi connectivity index (χ3n) is 3.20. The predicted octanol–water partition coefficient (Wildman–Crippen LogP) is 3.40. The Kier molecular flexibility index (Phi) is 2.85. The molecule has 1 aromatic heterocycles. The number of aromatic nitrogens is 3. The van der Waals surface area contributed by atoms with Crippen molar-refractivity contribution in [2.24, 2.45) is 5.92 Å². The maximum absolute atomic E-state index is 6.09. The fraction of sp³-hybridized carbons (Fsp3) is 0.385. The standard InChI is InChI=1S/C13H14ClN3/c14-13-16-15-12(11-4-2-1-3-5-11)17(13)9-8-10-6-7-10/h1-5,10H,6-9H2. The lowest BCUT2D eigenvalue weighted by atomic mass is 10.2. The summed E-state index contributed by atoms with van der Waals surface area (Å²) in [6.45, 7) is 0.917. The minimum absolute atomic E-state index is 0.490. The Hall–Kier alpha value is -1.35. The molecule has 1 fully saturated rings. The van der Waals surface area contributed by atoms with E-state index in [-0.39, 0.29) is 0 Å². The summed E-state index contributed by atoms with van der Waals surface area (Å²) in [6.07, 6.45) is 3.90. The van der Waals surface area contributed by atoms with E-state index in [1.165, 1.54) is 19.3 Å². The molecule has 0 unspecified atom stereocenters. The zero-order valence-electron chi connectivity index (χ0n) is 9.51. The van der Waals surface area contributed by atoms with Crippen LogP contribution < -0.4 is 0 Å². The van der Waals surface area contributed by atoms with Gasteiger partial charge < -0.3 is 0 Å². The van der Waals surface area contributed by atoms with Crippen LogP contribution >= 0.6 is 11.6 Å². The molecule has 0 amide bonds. The van der Waals surface area contributed by atoms with Crippen molar-refractivity contribution in [2.75, 3.05) is 0 Å². The highest BCUT2D eigenvalue weighted by molar-refractivity contribution is 6.28. The number of halogens is 1. The zero-order valence-corrected chi connectivity index (χ0v) is 10.3. The van der Waals surface area contributed by atoms with E-state index in [4.69, 9.17) is 11.6 Å². The van der Waals surface area contributed by atoms with Gasteiger partial charge in [-0.1, -0.05) is 43.2 Å². The van der Waals surface area contributed by atoms with Crippen molar-refractivity contribution in [2.45, 2.75) is 25.8 Å². The number of nitrogens with zero attached hydrogens (tertiary/aromatic N) is 3. The van der Waals surface area contributed by atoms with Crippen LogP contribution in [0.3, 0.4) is 0 Å². The molecule has 0 saturated heterocycles. The summed E-state index contributed by atoms with van der Waals surface area (Å²) in [5.74, 6) is 1.76. The molecule has 3 rings (SSSR count). The molecule has 0 atom stereocenters. The molecule has 0 aliphatic heterocycles. The smallest absolute Gasteiger partial charge is 0.225 e. The predicted molar refractivity (Wildman–Crippen MR) is 67.8 cm³/mol. The van der Waals surface area contributed by atoms with Gasteiger partial charge in [-0.15, -0.1) is 10.2 Å². The van der Waals surface area contributed by atoms with Gasteiger partial charge in [-0.05, 0) is 23.9 Å². The molecule has 1 saturated carbocycles. The molecule has 2 aromatic rings. The third-order valence-corrected chi connectivity index (χ3v) is 3.48. The van der Waals surface area contributed by atoms with Crippen LogP contribution in [-0.2, 0) is 6.54 Å². The van der Waals surface area contributed by atoms with Gasteiger partial charge in [0.15, 0.2) is 5.82 Å². The fourth-order valence-corrected chi connectivity index (χ4v) is 2.20. The fourth-order valence-electron chi connectivity index (χ4n) is 2.00. The molecule has 1 aliphatic rings. The summed E-state index contributed by atoms with van der Waals surface area (Å²) in [6, 6.07) is 10.1. The lowest BCUT2D eigenvalue weighted by molar-refractivity contribution is 0.600. The SMILES string of the molecule is Clc1nnc(-c2ccccc2)n1CCC1CC1. The van der Waals surface area contributed by atoms with Gasteiger partial charge in [-0.2, -0.15) is 0 Å². The van der Waals surface area contributed by atoms with Crippen LogP contribution in [0.15, 0.2) is 30.3 Å². The molecule has 88 valence electrons. The van der Waals surface area contributed by atoms with E-state index < -0.39 is 0 Å². The summed E-state index contributed by atoms with van der Waals surface area (Å²) in [5.41, 5.74) is 1.07. The first-order valence-corrected chi connectivity index (χ1v) is 6.36. The van der Waals surface area contributed by atoms with E-state index in [1.807, 2.05) is 34.9 Å². The molecular formula is C13H14ClN3. The van der Waals surface area contributed by atoms with Gasteiger partial charge in [0.1, 0.15) is 0 Å². The molecule has 0 bridgehead atoms. The molecular weight excluding hydrogens is 234 g/mol. The van der Waals surface area contributed by atoms with Crippen LogP contribution in [0.5, 0.6) is 0 Å². The van der Waals surface area contributed by atoms with Crippen LogP contribution in [-0.4, -0.2) is 14.8 Å². The molecule has 0 radical (unpaired) electrons. The van der Waals surface area contributed by atoms with Gasteiger partial charge in [0.25, 0.3) is 0 Å². The van der Waals surface area contributed by atoms with Crippen molar-refractivity contribution < 1.29 is 0 Å². The van der Waals surface area contributed by atoms with Gasteiger partial charge in [0.2, 0.25) is 5.28 Å². The van der Waals surface area contributed by atoms with Crippen LogP contribution in [0.25, 0.3) is 11.4 Å². The van der Waals surface area contributed by atoms with Crippen molar-refractivity contribution in [3.63, 3.8) is 0 Å². The zero-order chi connectivity index (χ0) is 11.7. The summed E-state index contributed by atoms with van der Waals surface area (Å²) < 4.78 is 2.01. The number of hydrogen-bond acceptors (Lipinski definition) is 2. The first-order valence-electron chi connectivity index (χ1n) is 5.99. The minimum Gasteiger partial charge on any atom is -0.298 e. The minimum atomic E-state index is 0.490. The Morgan fingerprint density at radius 2 is 1.94 bits per heavy atom. The second-order valence-electron chi connectivity index (χ2n) is 4.54. The van der Waals surface area contributed by atoms with Gasteiger partial charge >= 0.3 is 0 Å². The lowest BCUT2D eigenvalue weighted by Crippen LogP contribution is -2.01. The van der Waals surface area contributed by atoms with E-state index in [9.17, 15) is 0 Å². The Morgan fingerprint density at radius 3 is 2.65 bits per heavy atom. The second-order valence-corrected chi connectivity index (χ2v) is 4.88. The highest BCUT2D eigenvalue weighted by Crippen LogP contribution is 2.33. The molecule has 1 heterocycles. The normalized spacial score (nSPS) is 15.1. The van der Waals surface area contributed by atoms with Crippen LogP contribution in [0.4, 0.5) is 0 Å². The molecule has 0 N–H and O–H groups in total. The summed E-state index contributed by atoms with van der Waals surface area (Å²) in [5, 5.41) is 8.63. The number of hydrogen-bond donors (Lipinski definition) is 0. The number of rotatable bonds is 4. The maximum atomic E-state index is 6.09. The molecule has 3 nitrogen and oxygen atoms in total. The molecule has 0 spiro atoms. The third kappa shape index (κ3) is 2.34. The summed E-state index contributed by atoms with van der Waals surface area (Å²) in [4.78, 5) is 0. The second kappa shape index (κ2) is 4.49. The highest BCUT2D eigenvalue weighted by Gasteiger charge is 2.22. The van der Waals surface area contributed by atoms with E-state index in [0.29, 0.717) is 5.28 Å². The first-order chi connectivity index (χ1) is 8.34. The van der Waals surface area contributed by atoms with Crippen LogP contribution in [0, 0.1) is 5.92 Å². The average molecular weight is 248 g/mol. The largest absolute Gasteiger partial charge is 0.298 e. The van der Waals surface area contributed by atoms with E-state index >= 15 is 0 Å². The summed E-state index contributed by atoms with van der Waals surface area (Å²) >= 11 is 6.09. The Balaban J connectivity index is 1.88. The van der Waals surface area contributed by atoms with E-state index in [2.05, 4.69) is 10.2 Å².